The van der Waals surface area contributed by atoms with E-state index in [9.17, 15) is 0 Å². The van der Waals surface area contributed by atoms with Crippen molar-refractivity contribution in [3.8, 4) is 0 Å². The van der Waals surface area contributed by atoms with E-state index in [1.807, 2.05) is 0 Å². The van der Waals surface area contributed by atoms with Gasteiger partial charge in [0.2, 0.25) is 0 Å². The van der Waals surface area contributed by atoms with E-state index in [4.69, 9.17) is 16.3 Å². The van der Waals surface area contributed by atoms with Gasteiger partial charge < -0.3 is 10.1 Å². The highest BCUT2D eigenvalue weighted by molar-refractivity contribution is 6.31. The molecule has 0 aromatic heterocycles. The van der Waals surface area contributed by atoms with Gasteiger partial charge in [-0.2, -0.15) is 0 Å². The molecule has 1 spiro atoms. The maximum absolute atomic E-state index is 6.50. The molecule has 3 rings (SSSR count). The summed E-state index contributed by atoms with van der Waals surface area (Å²) in [6.07, 6.45) is 7.41. The van der Waals surface area contributed by atoms with Crippen molar-refractivity contribution in [1.82, 2.24) is 5.32 Å². The number of benzene rings is 1. The first-order valence-corrected chi connectivity index (χ1v) is 8.59. The Morgan fingerprint density at radius 1 is 1.33 bits per heavy atom. The van der Waals surface area contributed by atoms with Crippen LogP contribution in [0.4, 0.5) is 0 Å². The number of rotatable bonds is 3. The summed E-state index contributed by atoms with van der Waals surface area (Å²) in [5.74, 6) is 0.613. The van der Waals surface area contributed by atoms with Gasteiger partial charge in [0.1, 0.15) is 0 Å². The van der Waals surface area contributed by atoms with Gasteiger partial charge in [-0.05, 0) is 62.8 Å². The quantitative estimate of drug-likeness (QED) is 0.877. The van der Waals surface area contributed by atoms with Gasteiger partial charge in [-0.1, -0.05) is 36.6 Å². The van der Waals surface area contributed by atoms with Crippen LogP contribution in [0.1, 0.15) is 55.7 Å². The first-order chi connectivity index (χ1) is 10.1. The molecule has 1 aliphatic heterocycles. The number of nitrogens with one attached hydrogen (secondary N) is 1. The van der Waals surface area contributed by atoms with E-state index in [1.54, 1.807) is 0 Å². The monoisotopic (exact) mass is 307 g/mol. The largest absolute Gasteiger partial charge is 0.375 e. The second kappa shape index (κ2) is 6.28. The summed E-state index contributed by atoms with van der Waals surface area (Å²) in [5, 5.41) is 4.40. The summed E-state index contributed by atoms with van der Waals surface area (Å²) in [5.41, 5.74) is 2.62. The second-order valence-electron chi connectivity index (χ2n) is 6.78. The van der Waals surface area contributed by atoms with Crippen LogP contribution in [-0.2, 0) is 4.74 Å². The van der Waals surface area contributed by atoms with Gasteiger partial charge in [0.05, 0.1) is 5.60 Å². The van der Waals surface area contributed by atoms with E-state index in [1.165, 1.54) is 43.2 Å². The first-order valence-electron chi connectivity index (χ1n) is 8.21. The Bertz CT molecular complexity index is 496. The highest BCUT2D eigenvalue weighted by Gasteiger charge is 2.42. The fourth-order valence-electron chi connectivity index (χ4n) is 4.25. The van der Waals surface area contributed by atoms with Crippen LogP contribution in [0.5, 0.6) is 0 Å². The number of hydrogen-bond donors (Lipinski definition) is 1. The minimum absolute atomic E-state index is 0.162. The lowest BCUT2D eigenvalue weighted by atomic mass is 9.78. The van der Waals surface area contributed by atoms with E-state index in [0.717, 1.165) is 18.1 Å². The van der Waals surface area contributed by atoms with Crippen LogP contribution >= 0.6 is 11.6 Å². The van der Waals surface area contributed by atoms with Crippen molar-refractivity contribution in [3.63, 3.8) is 0 Å². The van der Waals surface area contributed by atoms with Crippen molar-refractivity contribution in [1.29, 1.82) is 0 Å². The van der Waals surface area contributed by atoms with Gasteiger partial charge in [0.25, 0.3) is 0 Å². The van der Waals surface area contributed by atoms with E-state index >= 15 is 0 Å². The Morgan fingerprint density at radius 3 is 2.76 bits per heavy atom. The van der Waals surface area contributed by atoms with Crippen molar-refractivity contribution in [3.05, 3.63) is 34.3 Å². The molecule has 21 heavy (non-hydrogen) atoms. The lowest BCUT2D eigenvalue weighted by molar-refractivity contribution is -0.0978. The van der Waals surface area contributed by atoms with Crippen molar-refractivity contribution in [2.24, 2.45) is 5.92 Å². The Hall–Kier alpha value is -0.570. The molecule has 2 unspecified atom stereocenters. The van der Waals surface area contributed by atoms with Crippen LogP contribution in [0.25, 0.3) is 0 Å². The number of hydrogen-bond acceptors (Lipinski definition) is 2. The Kier molecular flexibility index (Phi) is 4.58. The van der Waals surface area contributed by atoms with E-state index in [0.29, 0.717) is 12.0 Å². The predicted octanol–water partition coefficient (Wildman–Crippen LogP) is 4.65. The third kappa shape index (κ3) is 3.13. The molecule has 0 bridgehead atoms. The second-order valence-corrected chi connectivity index (χ2v) is 7.19. The zero-order chi connectivity index (χ0) is 14.9. The molecule has 2 nitrogen and oxygen atoms in total. The Morgan fingerprint density at radius 2 is 2.10 bits per heavy atom. The van der Waals surface area contributed by atoms with Crippen molar-refractivity contribution in [2.45, 2.75) is 57.1 Å². The maximum atomic E-state index is 6.50. The van der Waals surface area contributed by atoms with Crippen LogP contribution in [0.2, 0.25) is 5.02 Å². The normalized spacial score (nSPS) is 26.1. The van der Waals surface area contributed by atoms with Gasteiger partial charge in [0.15, 0.2) is 0 Å². The summed E-state index contributed by atoms with van der Waals surface area (Å²) < 4.78 is 6.18. The van der Waals surface area contributed by atoms with Crippen LogP contribution in [0.15, 0.2) is 18.2 Å². The predicted molar refractivity (Wildman–Crippen MR) is 87.9 cm³/mol. The van der Waals surface area contributed by atoms with Crippen LogP contribution in [0.3, 0.4) is 0 Å². The third-order valence-electron chi connectivity index (χ3n) is 5.32. The first kappa shape index (κ1) is 15.3. The summed E-state index contributed by atoms with van der Waals surface area (Å²) in [6, 6.07) is 6.76. The lowest BCUT2D eigenvalue weighted by Gasteiger charge is -2.41. The summed E-state index contributed by atoms with van der Waals surface area (Å²) in [6.45, 7) is 2.98. The summed E-state index contributed by atoms with van der Waals surface area (Å²) >= 11 is 6.50. The third-order valence-corrected chi connectivity index (χ3v) is 5.65. The van der Waals surface area contributed by atoms with Crippen molar-refractivity contribution < 1.29 is 4.74 Å². The highest BCUT2D eigenvalue weighted by Crippen LogP contribution is 2.46. The molecule has 1 N–H and O–H groups in total. The molecule has 1 aromatic rings. The topological polar surface area (TPSA) is 21.3 Å². The smallest absolute Gasteiger partial charge is 0.0686 e. The molecule has 116 valence electrons. The molecular formula is C18H26ClNO. The molecule has 2 aliphatic rings. The van der Waals surface area contributed by atoms with Crippen LogP contribution in [0, 0.1) is 12.8 Å². The van der Waals surface area contributed by atoms with E-state index in [2.05, 4.69) is 37.5 Å². The molecule has 1 saturated heterocycles. The minimum atomic E-state index is 0.162. The molecular weight excluding hydrogens is 282 g/mol. The maximum Gasteiger partial charge on any atom is 0.0686 e. The summed E-state index contributed by atoms with van der Waals surface area (Å²) in [4.78, 5) is 0. The number of aryl methyl sites for hydroxylation is 1. The molecule has 0 radical (unpaired) electrons. The van der Waals surface area contributed by atoms with Crippen molar-refractivity contribution >= 4 is 11.6 Å². The molecule has 0 amide bonds. The molecule has 2 fully saturated rings. The molecule has 1 saturated carbocycles. The van der Waals surface area contributed by atoms with Gasteiger partial charge in [0, 0.05) is 17.7 Å². The molecule has 1 aliphatic carbocycles. The molecule has 1 heterocycles. The zero-order valence-corrected chi connectivity index (χ0v) is 13.9. The van der Waals surface area contributed by atoms with Crippen molar-refractivity contribution in [2.75, 3.05) is 13.7 Å². The molecule has 3 heteroatoms. The number of ether oxygens (including phenoxy) is 1. The van der Waals surface area contributed by atoms with E-state index < -0.39 is 0 Å². The van der Waals surface area contributed by atoms with Gasteiger partial charge >= 0.3 is 0 Å². The minimum Gasteiger partial charge on any atom is -0.375 e. The molecule has 2 atom stereocenters. The SMILES string of the molecule is CNC(c1ccc(C)cc1Cl)C1CCOC2(CCCC2)C1. The average Bonchev–Trinajstić information content (AvgIpc) is 2.90. The van der Waals surface area contributed by atoms with Gasteiger partial charge in [-0.15, -0.1) is 0 Å². The lowest BCUT2D eigenvalue weighted by Crippen LogP contribution is -2.41. The fraction of sp³-hybridized carbons (Fsp3) is 0.667. The van der Waals surface area contributed by atoms with Gasteiger partial charge in [-0.25, -0.2) is 0 Å². The standard InChI is InChI=1S/C18H26ClNO/c1-13-5-6-15(16(19)11-13)17(20-2)14-7-10-21-18(12-14)8-3-4-9-18/h5-6,11,14,17,20H,3-4,7-10,12H2,1-2H3. The van der Waals surface area contributed by atoms with Gasteiger partial charge in [-0.3, -0.25) is 0 Å². The molecule has 1 aromatic carbocycles. The fourth-order valence-corrected chi connectivity index (χ4v) is 4.60. The summed E-state index contributed by atoms with van der Waals surface area (Å²) in [7, 11) is 2.05. The average molecular weight is 308 g/mol. The Labute approximate surface area is 133 Å². The zero-order valence-electron chi connectivity index (χ0n) is 13.1. The van der Waals surface area contributed by atoms with E-state index in [-0.39, 0.29) is 5.60 Å². The number of halogens is 1. The van der Waals surface area contributed by atoms with Crippen LogP contribution in [-0.4, -0.2) is 19.3 Å². The Balaban J connectivity index is 1.82. The highest BCUT2D eigenvalue weighted by atomic mass is 35.5. The van der Waals surface area contributed by atoms with Crippen LogP contribution < -0.4 is 5.32 Å².